The number of guanidine groups is 2. The zero-order valence-corrected chi connectivity index (χ0v) is 12.1. The monoisotopic (exact) mass is 273 g/mol. The highest BCUT2D eigenvalue weighted by Gasteiger charge is 2.25. The lowest BCUT2D eigenvalue weighted by atomic mass is 10.0. The third-order valence-electron chi connectivity index (χ3n) is 2.72. The van der Waals surface area contributed by atoms with E-state index in [0.29, 0.717) is 26.2 Å². The van der Waals surface area contributed by atoms with E-state index in [0.717, 1.165) is 6.54 Å². The number of rotatable bonds is 9. The van der Waals surface area contributed by atoms with Crippen LogP contribution in [0, 0.1) is 5.41 Å². The zero-order valence-electron chi connectivity index (χ0n) is 12.1. The predicted octanol–water partition coefficient (Wildman–Crippen LogP) is -1.53. The van der Waals surface area contributed by atoms with Gasteiger partial charge in [0.05, 0.1) is 13.2 Å². The topological polar surface area (TPSA) is 139 Å². The molecule has 8 nitrogen and oxygen atoms in total. The molecule has 0 radical (unpaired) electrons. The maximum atomic E-state index is 7.14. The fourth-order valence-electron chi connectivity index (χ4n) is 1.79. The van der Waals surface area contributed by atoms with Crippen LogP contribution >= 0.6 is 0 Å². The second kappa shape index (κ2) is 8.54. The van der Waals surface area contributed by atoms with Gasteiger partial charge < -0.3 is 27.3 Å². The van der Waals surface area contributed by atoms with Gasteiger partial charge in [-0.15, -0.1) is 0 Å². The van der Waals surface area contributed by atoms with E-state index in [1.807, 2.05) is 0 Å². The van der Waals surface area contributed by atoms with E-state index in [2.05, 4.69) is 29.1 Å². The summed E-state index contributed by atoms with van der Waals surface area (Å²) in [4.78, 5) is 6.18. The Morgan fingerprint density at radius 3 is 2.42 bits per heavy atom. The molecule has 19 heavy (non-hydrogen) atoms. The van der Waals surface area contributed by atoms with E-state index in [4.69, 9.17) is 27.3 Å². The molecule has 0 unspecified atom stereocenters. The molecular formula is C11H27N7O. The Hall–Kier alpha value is -1.54. The Kier molecular flexibility index (Phi) is 7.85. The largest absolute Gasteiger partial charge is 0.383 e. The Morgan fingerprint density at radius 1 is 1.32 bits per heavy atom. The number of hydrogen-bond donors (Lipinski definition) is 5. The number of nitrogens with zero attached hydrogens (tertiary/aromatic N) is 2. The summed E-state index contributed by atoms with van der Waals surface area (Å²) in [5.74, 6) is 0.0556. The number of hydrogen-bond acceptors (Lipinski definition) is 4. The lowest BCUT2D eigenvalue weighted by molar-refractivity contribution is 0.0367. The lowest BCUT2D eigenvalue weighted by Crippen LogP contribution is -2.51. The molecule has 0 aromatic heterocycles. The maximum absolute atomic E-state index is 7.14. The number of ether oxygens (including phenoxy) is 1. The third-order valence-corrected chi connectivity index (χ3v) is 2.72. The highest BCUT2D eigenvalue weighted by Crippen LogP contribution is 2.13. The summed E-state index contributed by atoms with van der Waals surface area (Å²) in [7, 11) is 1.67. The summed E-state index contributed by atoms with van der Waals surface area (Å²) < 4.78 is 5.23. The van der Waals surface area contributed by atoms with Crippen LogP contribution < -0.4 is 22.5 Å². The third kappa shape index (κ3) is 8.22. The molecule has 0 bridgehead atoms. The first-order valence-corrected chi connectivity index (χ1v) is 6.17. The summed E-state index contributed by atoms with van der Waals surface area (Å²) >= 11 is 0. The smallest absolute Gasteiger partial charge is 0.185 e. The van der Waals surface area contributed by atoms with Gasteiger partial charge in [0.1, 0.15) is 0 Å². The van der Waals surface area contributed by atoms with Gasteiger partial charge in [-0.05, 0) is 13.8 Å². The van der Waals surface area contributed by atoms with Gasteiger partial charge in [-0.1, -0.05) is 0 Å². The minimum absolute atomic E-state index is 0.0336. The lowest BCUT2D eigenvalue weighted by Gasteiger charge is -2.38. The zero-order chi connectivity index (χ0) is 14.9. The molecule has 0 heterocycles. The molecule has 0 aliphatic carbocycles. The van der Waals surface area contributed by atoms with Gasteiger partial charge in [-0.3, -0.25) is 15.3 Å². The Labute approximate surface area is 114 Å². The molecule has 0 aliphatic heterocycles. The number of nitrogens with one attached hydrogen (secondary N) is 2. The summed E-state index contributed by atoms with van der Waals surface area (Å²) in [6, 6.07) is 0. The van der Waals surface area contributed by atoms with Crippen LogP contribution in [0.2, 0.25) is 0 Å². The average molecular weight is 273 g/mol. The fraction of sp³-hybridized carbons (Fsp3) is 0.818. The van der Waals surface area contributed by atoms with Crippen molar-refractivity contribution in [3.05, 3.63) is 0 Å². The van der Waals surface area contributed by atoms with E-state index < -0.39 is 0 Å². The first-order chi connectivity index (χ1) is 8.79. The summed E-state index contributed by atoms with van der Waals surface area (Å²) in [5, 5.41) is 9.92. The van der Waals surface area contributed by atoms with Gasteiger partial charge in [0.15, 0.2) is 11.9 Å². The molecule has 0 aromatic carbocycles. The maximum Gasteiger partial charge on any atom is 0.185 e. The summed E-state index contributed by atoms with van der Waals surface area (Å²) in [6.07, 6.45) is 0. The van der Waals surface area contributed by atoms with Gasteiger partial charge in [0, 0.05) is 32.3 Å². The van der Waals surface area contributed by atoms with Crippen molar-refractivity contribution in [3.63, 3.8) is 0 Å². The van der Waals surface area contributed by atoms with Crippen molar-refractivity contribution in [3.8, 4) is 0 Å². The highest BCUT2D eigenvalue weighted by molar-refractivity contribution is 5.75. The van der Waals surface area contributed by atoms with E-state index in [1.165, 1.54) is 0 Å². The van der Waals surface area contributed by atoms with Crippen LogP contribution in [0.25, 0.3) is 0 Å². The van der Waals surface area contributed by atoms with Crippen LogP contribution in [0.3, 0.4) is 0 Å². The van der Waals surface area contributed by atoms with Crippen LogP contribution in [0.5, 0.6) is 0 Å². The van der Waals surface area contributed by atoms with E-state index >= 15 is 0 Å². The molecular weight excluding hydrogens is 246 g/mol. The van der Waals surface area contributed by atoms with Gasteiger partial charge in [0.25, 0.3) is 0 Å². The van der Waals surface area contributed by atoms with Gasteiger partial charge >= 0.3 is 0 Å². The molecule has 0 atom stereocenters. The van der Waals surface area contributed by atoms with Crippen molar-refractivity contribution >= 4 is 11.9 Å². The molecule has 8 N–H and O–H groups in total. The van der Waals surface area contributed by atoms with Crippen molar-refractivity contribution in [2.24, 2.45) is 22.2 Å². The second-order valence-corrected chi connectivity index (χ2v) is 4.88. The fourth-order valence-corrected chi connectivity index (χ4v) is 1.79. The molecule has 112 valence electrons. The SMILES string of the molecule is COCC(C)(C)N(CCN=C(N)N)CCNC(=N)N. The van der Waals surface area contributed by atoms with Crippen molar-refractivity contribution in [2.45, 2.75) is 19.4 Å². The van der Waals surface area contributed by atoms with Crippen LogP contribution in [0.15, 0.2) is 4.99 Å². The van der Waals surface area contributed by atoms with E-state index in [1.54, 1.807) is 7.11 Å². The Morgan fingerprint density at radius 2 is 1.95 bits per heavy atom. The normalized spacial score (nSPS) is 11.4. The number of nitrogens with two attached hydrogens (primary N) is 3. The van der Waals surface area contributed by atoms with Crippen molar-refractivity contribution in [2.75, 3.05) is 39.9 Å². The van der Waals surface area contributed by atoms with Crippen LogP contribution in [-0.4, -0.2) is 62.3 Å². The van der Waals surface area contributed by atoms with Crippen LogP contribution in [0.4, 0.5) is 0 Å². The molecule has 0 aliphatic rings. The van der Waals surface area contributed by atoms with Crippen LogP contribution in [0.1, 0.15) is 13.8 Å². The summed E-state index contributed by atoms with van der Waals surface area (Å²) in [5.41, 5.74) is 15.7. The minimum atomic E-state index is -0.147. The molecule has 0 fully saturated rings. The van der Waals surface area contributed by atoms with E-state index in [-0.39, 0.29) is 17.5 Å². The number of methoxy groups -OCH3 is 1. The summed E-state index contributed by atoms with van der Waals surface area (Å²) in [6.45, 7) is 7.29. The first-order valence-electron chi connectivity index (χ1n) is 6.17. The molecule has 8 heteroatoms. The number of aliphatic imine (C=N–C) groups is 1. The predicted molar refractivity (Wildman–Crippen MR) is 78.1 cm³/mol. The molecule has 0 aromatic rings. The highest BCUT2D eigenvalue weighted by atomic mass is 16.5. The van der Waals surface area contributed by atoms with Crippen molar-refractivity contribution in [1.82, 2.24) is 10.2 Å². The minimum Gasteiger partial charge on any atom is -0.383 e. The van der Waals surface area contributed by atoms with E-state index in [9.17, 15) is 0 Å². The van der Waals surface area contributed by atoms with Gasteiger partial charge in [-0.2, -0.15) is 0 Å². The Bertz CT molecular complexity index is 299. The average Bonchev–Trinajstić information content (AvgIpc) is 2.25. The van der Waals surface area contributed by atoms with Gasteiger partial charge in [0.2, 0.25) is 0 Å². The molecule has 0 saturated heterocycles. The van der Waals surface area contributed by atoms with Gasteiger partial charge in [-0.25, -0.2) is 0 Å². The quantitative estimate of drug-likeness (QED) is 0.255. The molecule has 0 rings (SSSR count). The Balaban J connectivity index is 4.45. The van der Waals surface area contributed by atoms with Crippen LogP contribution in [-0.2, 0) is 4.74 Å². The molecule has 0 saturated carbocycles. The van der Waals surface area contributed by atoms with Crippen molar-refractivity contribution < 1.29 is 4.74 Å². The first kappa shape index (κ1) is 17.5. The standard InChI is InChI=1S/C11H27N7O/c1-11(2,8-19-3)18(6-4-16-9(12)13)7-5-17-10(14)15/h4-8H2,1-3H3,(H4,12,13,16)(H4,14,15,17). The molecule has 0 spiro atoms. The van der Waals surface area contributed by atoms with Crippen molar-refractivity contribution in [1.29, 1.82) is 5.41 Å². The second-order valence-electron chi connectivity index (χ2n) is 4.88. The molecule has 0 amide bonds.